The summed E-state index contributed by atoms with van der Waals surface area (Å²) in [5.41, 5.74) is 8.23. The highest BCUT2D eigenvalue weighted by atomic mass is 16.5. The van der Waals surface area contributed by atoms with Gasteiger partial charge in [0, 0.05) is 12.1 Å². The molecule has 1 aromatic rings. The van der Waals surface area contributed by atoms with Gasteiger partial charge in [-0.15, -0.1) is 0 Å². The number of aryl methyl sites for hydroxylation is 2. The van der Waals surface area contributed by atoms with Crippen LogP contribution < -0.4 is 11.1 Å². The van der Waals surface area contributed by atoms with E-state index in [2.05, 4.69) is 5.32 Å². The number of fused-ring (bicyclic) bond motifs is 1. The standard InChI is InChI=1S/C14H18N2O3/c15-13(17)9-19-7-6-16-14(18)12-5-4-10-2-1-3-11(10)8-12/h4-5,8H,1-3,6-7,9H2,(H2,15,17)(H,16,18). The highest BCUT2D eigenvalue weighted by Crippen LogP contribution is 2.22. The van der Waals surface area contributed by atoms with Gasteiger partial charge >= 0.3 is 0 Å². The molecule has 2 amide bonds. The van der Waals surface area contributed by atoms with Crippen molar-refractivity contribution >= 4 is 11.8 Å². The number of nitrogens with one attached hydrogen (secondary N) is 1. The van der Waals surface area contributed by atoms with E-state index >= 15 is 0 Å². The molecule has 0 aromatic heterocycles. The van der Waals surface area contributed by atoms with Crippen molar-refractivity contribution in [3.05, 3.63) is 34.9 Å². The van der Waals surface area contributed by atoms with Crippen LogP contribution >= 0.6 is 0 Å². The van der Waals surface area contributed by atoms with Crippen LogP contribution in [0, 0.1) is 0 Å². The summed E-state index contributed by atoms with van der Waals surface area (Å²) in [6.45, 7) is 0.525. The number of hydrogen-bond acceptors (Lipinski definition) is 3. The number of primary amides is 1. The van der Waals surface area contributed by atoms with Crippen molar-refractivity contribution in [1.29, 1.82) is 0 Å². The second kappa shape index (κ2) is 6.33. The summed E-state index contributed by atoms with van der Waals surface area (Å²) >= 11 is 0. The van der Waals surface area contributed by atoms with Crippen molar-refractivity contribution in [2.75, 3.05) is 19.8 Å². The fourth-order valence-electron chi connectivity index (χ4n) is 2.22. The third-order valence-electron chi connectivity index (χ3n) is 3.14. The molecule has 102 valence electrons. The van der Waals surface area contributed by atoms with Crippen LogP contribution in [0.3, 0.4) is 0 Å². The quantitative estimate of drug-likeness (QED) is 0.728. The number of hydrogen-bond donors (Lipinski definition) is 2. The molecule has 5 nitrogen and oxygen atoms in total. The molecule has 0 heterocycles. The van der Waals surface area contributed by atoms with Crippen LogP contribution in [0.25, 0.3) is 0 Å². The zero-order valence-electron chi connectivity index (χ0n) is 10.8. The zero-order chi connectivity index (χ0) is 13.7. The molecule has 1 aromatic carbocycles. The molecule has 0 unspecified atom stereocenters. The van der Waals surface area contributed by atoms with Gasteiger partial charge in [0.15, 0.2) is 0 Å². The molecule has 0 aliphatic heterocycles. The predicted molar refractivity (Wildman–Crippen MR) is 70.8 cm³/mol. The van der Waals surface area contributed by atoms with E-state index in [0.717, 1.165) is 12.8 Å². The van der Waals surface area contributed by atoms with Crippen LogP contribution in [0.5, 0.6) is 0 Å². The Morgan fingerprint density at radius 3 is 2.84 bits per heavy atom. The molecule has 0 radical (unpaired) electrons. The normalized spacial score (nSPS) is 13.1. The summed E-state index contributed by atoms with van der Waals surface area (Å²) in [4.78, 5) is 22.3. The first kappa shape index (κ1) is 13.5. The van der Waals surface area contributed by atoms with Crippen LogP contribution in [0.15, 0.2) is 18.2 Å². The number of ether oxygens (including phenoxy) is 1. The average molecular weight is 262 g/mol. The van der Waals surface area contributed by atoms with E-state index in [1.165, 1.54) is 17.5 Å². The van der Waals surface area contributed by atoms with Gasteiger partial charge in [-0.2, -0.15) is 0 Å². The fourth-order valence-corrected chi connectivity index (χ4v) is 2.22. The Hall–Kier alpha value is -1.88. The maximum Gasteiger partial charge on any atom is 0.251 e. The van der Waals surface area contributed by atoms with Gasteiger partial charge in [-0.05, 0) is 42.5 Å². The van der Waals surface area contributed by atoms with Crippen LogP contribution in [-0.2, 0) is 22.4 Å². The highest BCUT2D eigenvalue weighted by Gasteiger charge is 2.13. The van der Waals surface area contributed by atoms with E-state index < -0.39 is 5.91 Å². The predicted octanol–water partition coefficient (Wildman–Crippen LogP) is 0.407. The molecule has 0 bridgehead atoms. The van der Waals surface area contributed by atoms with E-state index in [9.17, 15) is 9.59 Å². The van der Waals surface area contributed by atoms with E-state index in [4.69, 9.17) is 10.5 Å². The molecule has 0 saturated carbocycles. The van der Waals surface area contributed by atoms with E-state index in [-0.39, 0.29) is 19.1 Å². The maximum absolute atomic E-state index is 11.9. The molecular formula is C14H18N2O3. The minimum absolute atomic E-state index is 0.114. The van der Waals surface area contributed by atoms with Gasteiger partial charge in [-0.25, -0.2) is 0 Å². The smallest absolute Gasteiger partial charge is 0.251 e. The number of nitrogens with two attached hydrogens (primary N) is 1. The van der Waals surface area contributed by atoms with Gasteiger partial charge in [0.2, 0.25) is 5.91 Å². The van der Waals surface area contributed by atoms with Crippen molar-refractivity contribution in [3.63, 3.8) is 0 Å². The second-order valence-corrected chi connectivity index (χ2v) is 4.61. The topological polar surface area (TPSA) is 81.4 Å². The molecule has 0 saturated heterocycles. The number of carbonyl (C=O) groups is 2. The molecule has 5 heteroatoms. The van der Waals surface area contributed by atoms with Crippen molar-refractivity contribution in [3.8, 4) is 0 Å². The number of benzene rings is 1. The van der Waals surface area contributed by atoms with E-state index in [1.54, 1.807) is 0 Å². The lowest BCUT2D eigenvalue weighted by Gasteiger charge is -2.07. The van der Waals surface area contributed by atoms with Crippen molar-refractivity contribution in [2.45, 2.75) is 19.3 Å². The van der Waals surface area contributed by atoms with Gasteiger partial charge in [-0.3, -0.25) is 9.59 Å². The first-order valence-electron chi connectivity index (χ1n) is 6.43. The minimum Gasteiger partial charge on any atom is -0.370 e. The number of amides is 2. The first-order valence-corrected chi connectivity index (χ1v) is 6.43. The lowest BCUT2D eigenvalue weighted by atomic mass is 10.1. The minimum atomic E-state index is -0.509. The van der Waals surface area contributed by atoms with Crippen molar-refractivity contribution in [2.24, 2.45) is 5.73 Å². The monoisotopic (exact) mass is 262 g/mol. The summed E-state index contributed by atoms with van der Waals surface area (Å²) in [5.74, 6) is -0.623. The third kappa shape index (κ3) is 3.79. The zero-order valence-corrected chi connectivity index (χ0v) is 10.8. The number of rotatable bonds is 6. The Bertz CT molecular complexity index is 486. The Kier molecular flexibility index (Phi) is 4.52. The Balaban J connectivity index is 1.78. The van der Waals surface area contributed by atoms with E-state index in [0.29, 0.717) is 12.1 Å². The molecule has 0 spiro atoms. The van der Waals surface area contributed by atoms with Gasteiger partial charge < -0.3 is 15.8 Å². The van der Waals surface area contributed by atoms with Crippen molar-refractivity contribution < 1.29 is 14.3 Å². The summed E-state index contributed by atoms with van der Waals surface area (Å²) < 4.78 is 4.97. The van der Waals surface area contributed by atoms with Gasteiger partial charge in [0.1, 0.15) is 6.61 Å². The maximum atomic E-state index is 11.9. The van der Waals surface area contributed by atoms with Gasteiger partial charge in [-0.1, -0.05) is 6.07 Å². The SMILES string of the molecule is NC(=O)COCCNC(=O)c1ccc2c(c1)CCC2. The largest absolute Gasteiger partial charge is 0.370 e. The molecule has 1 aliphatic carbocycles. The Morgan fingerprint density at radius 2 is 2.05 bits per heavy atom. The summed E-state index contributed by atoms with van der Waals surface area (Å²) in [6.07, 6.45) is 3.33. The summed E-state index contributed by atoms with van der Waals surface area (Å²) in [7, 11) is 0. The van der Waals surface area contributed by atoms with E-state index in [1.807, 2.05) is 18.2 Å². The second-order valence-electron chi connectivity index (χ2n) is 4.61. The molecule has 1 aliphatic rings. The highest BCUT2D eigenvalue weighted by molar-refractivity contribution is 5.94. The number of carbonyl (C=O) groups excluding carboxylic acids is 2. The van der Waals surface area contributed by atoms with Crippen molar-refractivity contribution in [1.82, 2.24) is 5.32 Å². The summed E-state index contributed by atoms with van der Waals surface area (Å²) in [5, 5.41) is 2.75. The Morgan fingerprint density at radius 1 is 1.26 bits per heavy atom. The molecule has 0 atom stereocenters. The molecule has 3 N–H and O–H groups in total. The average Bonchev–Trinajstić information content (AvgIpc) is 2.84. The van der Waals surface area contributed by atoms with Crippen LogP contribution in [-0.4, -0.2) is 31.6 Å². The lowest BCUT2D eigenvalue weighted by Crippen LogP contribution is -2.28. The fraction of sp³-hybridized carbons (Fsp3) is 0.429. The van der Waals surface area contributed by atoms with Crippen LogP contribution in [0.4, 0.5) is 0 Å². The third-order valence-corrected chi connectivity index (χ3v) is 3.14. The first-order chi connectivity index (χ1) is 9.16. The van der Waals surface area contributed by atoms with Crippen LogP contribution in [0.1, 0.15) is 27.9 Å². The summed E-state index contributed by atoms with van der Waals surface area (Å²) in [6, 6.07) is 5.84. The molecule has 19 heavy (non-hydrogen) atoms. The van der Waals surface area contributed by atoms with Gasteiger partial charge in [0.05, 0.1) is 6.61 Å². The Labute approximate surface area is 112 Å². The lowest BCUT2D eigenvalue weighted by molar-refractivity contribution is -0.122. The molecule has 2 rings (SSSR count). The van der Waals surface area contributed by atoms with Gasteiger partial charge in [0.25, 0.3) is 5.91 Å². The molecular weight excluding hydrogens is 244 g/mol. The van der Waals surface area contributed by atoms with Crippen LogP contribution in [0.2, 0.25) is 0 Å². The molecule has 0 fully saturated rings.